The lowest BCUT2D eigenvalue weighted by Gasteiger charge is -2.30. The number of hydrogen-bond acceptors (Lipinski definition) is 13. The first kappa shape index (κ1) is 42.7. The maximum Gasteiger partial charge on any atom is 0.408 e. The number of sulfonamides is 1. The van der Waals surface area contributed by atoms with Crippen LogP contribution in [0.1, 0.15) is 97.3 Å². The normalized spacial score (nSPS) is 26.7. The Labute approximate surface area is 360 Å². The van der Waals surface area contributed by atoms with Crippen molar-refractivity contribution >= 4 is 61.2 Å². The van der Waals surface area contributed by atoms with Crippen LogP contribution in [-0.4, -0.2) is 102 Å². The van der Waals surface area contributed by atoms with Gasteiger partial charge >= 0.3 is 6.09 Å². The van der Waals surface area contributed by atoms with Gasteiger partial charge in [-0.3, -0.25) is 19.1 Å². The summed E-state index contributed by atoms with van der Waals surface area (Å²) in [5.74, 6) is -1.26. The van der Waals surface area contributed by atoms with Gasteiger partial charge in [-0.15, -0.1) is 11.3 Å². The van der Waals surface area contributed by atoms with Crippen molar-refractivity contribution in [2.45, 2.75) is 138 Å². The number of methoxy groups -OCH3 is 1. The van der Waals surface area contributed by atoms with Gasteiger partial charge in [0, 0.05) is 41.3 Å². The lowest BCUT2D eigenvalue weighted by molar-refractivity contribution is -0.141. The van der Waals surface area contributed by atoms with E-state index >= 15 is 0 Å². The molecule has 3 aliphatic carbocycles. The number of ether oxygens (including phenoxy) is 3. The van der Waals surface area contributed by atoms with Crippen molar-refractivity contribution in [3.8, 4) is 22.9 Å². The number of rotatable bonds is 11. The van der Waals surface area contributed by atoms with Crippen LogP contribution in [0.4, 0.5) is 9.93 Å². The van der Waals surface area contributed by atoms with E-state index in [2.05, 4.69) is 20.7 Å². The Bertz CT molecular complexity index is 2290. The second-order valence-electron chi connectivity index (χ2n) is 17.2. The maximum absolute atomic E-state index is 14.8. The van der Waals surface area contributed by atoms with Crippen molar-refractivity contribution in [1.82, 2.24) is 30.2 Å². The minimum atomic E-state index is -3.91. The number of nitrogens with one attached hydrogen (secondary N) is 4. The lowest BCUT2D eigenvalue weighted by atomic mass is 10.0. The molecule has 328 valence electrons. The molecule has 1 unspecified atom stereocenters. The molecular formula is C43H55N7O9S2. The number of fused-ring (bicyclic) bond motifs is 3. The van der Waals surface area contributed by atoms with Crippen molar-refractivity contribution in [2.75, 3.05) is 19.0 Å². The number of carbonyl (C=O) groups is 4. The zero-order valence-corrected chi connectivity index (χ0v) is 36.4. The Morgan fingerprint density at radius 3 is 2.52 bits per heavy atom. The molecule has 0 bridgehead atoms. The first-order valence-corrected chi connectivity index (χ1v) is 23.9. The Balaban J connectivity index is 1.11. The molecule has 3 aromatic rings. The Morgan fingerprint density at radius 1 is 0.984 bits per heavy atom. The number of alkyl carbamates (subject to hydrolysis) is 1. The summed E-state index contributed by atoms with van der Waals surface area (Å²) in [7, 11) is -2.34. The monoisotopic (exact) mass is 877 g/mol. The molecular weight excluding hydrogens is 823 g/mol. The highest BCUT2D eigenvalue weighted by atomic mass is 32.2. The third kappa shape index (κ3) is 9.74. The number of hydrogen-bond donors (Lipinski definition) is 4. The summed E-state index contributed by atoms with van der Waals surface area (Å²) in [6.07, 6.45) is 10.1. The van der Waals surface area contributed by atoms with Crippen LogP contribution < -0.4 is 30.1 Å². The van der Waals surface area contributed by atoms with E-state index < -0.39 is 68.7 Å². The second kappa shape index (κ2) is 17.8. The molecule has 0 radical (unpaired) electrons. The maximum atomic E-state index is 14.8. The van der Waals surface area contributed by atoms with E-state index in [9.17, 15) is 27.6 Å². The van der Waals surface area contributed by atoms with Gasteiger partial charge in [-0.2, -0.15) is 0 Å². The highest BCUT2D eigenvalue weighted by Crippen LogP contribution is 2.46. The van der Waals surface area contributed by atoms with E-state index in [0.717, 1.165) is 43.7 Å². The van der Waals surface area contributed by atoms with Gasteiger partial charge in [0.15, 0.2) is 5.13 Å². The molecule has 2 aromatic heterocycles. The van der Waals surface area contributed by atoms with Crippen molar-refractivity contribution < 1.29 is 41.8 Å². The van der Waals surface area contributed by atoms with Crippen LogP contribution in [0, 0.1) is 5.92 Å². The molecule has 1 saturated heterocycles. The zero-order valence-electron chi connectivity index (χ0n) is 34.8. The average molecular weight is 878 g/mol. The van der Waals surface area contributed by atoms with E-state index in [1.54, 1.807) is 25.3 Å². The van der Waals surface area contributed by atoms with Crippen LogP contribution in [0.3, 0.4) is 0 Å². The molecule has 4 amide bonds. The number of allylic oxidation sites excluding steroid dienone is 1. The van der Waals surface area contributed by atoms with Crippen LogP contribution in [0.25, 0.3) is 22.3 Å². The summed E-state index contributed by atoms with van der Waals surface area (Å²) in [6.45, 7) is 4.05. The molecule has 0 spiro atoms. The molecule has 16 nitrogen and oxygen atoms in total. The summed E-state index contributed by atoms with van der Waals surface area (Å²) < 4.78 is 46.2. The van der Waals surface area contributed by atoms with Gasteiger partial charge in [-0.1, -0.05) is 25.0 Å². The summed E-state index contributed by atoms with van der Waals surface area (Å²) in [6, 6.07) is 5.31. The first-order valence-electron chi connectivity index (χ1n) is 21.5. The van der Waals surface area contributed by atoms with Crippen molar-refractivity contribution in [3.05, 3.63) is 41.8 Å². The van der Waals surface area contributed by atoms with E-state index in [1.807, 2.05) is 37.4 Å². The molecule has 1 aromatic carbocycles. The Kier molecular flexibility index (Phi) is 12.5. The topological polar surface area (TPSA) is 207 Å². The number of pyridine rings is 1. The van der Waals surface area contributed by atoms with Crippen molar-refractivity contribution in [1.29, 1.82) is 0 Å². The number of thiazole rings is 1. The fraction of sp³-hybridized carbons (Fsp3) is 0.581. The minimum absolute atomic E-state index is 0.0141. The van der Waals surface area contributed by atoms with E-state index in [-0.39, 0.29) is 31.5 Å². The molecule has 5 aliphatic rings. The molecule has 2 aliphatic heterocycles. The summed E-state index contributed by atoms with van der Waals surface area (Å²) in [4.78, 5) is 67.6. The Hall–Kier alpha value is -4.97. The smallest absolute Gasteiger partial charge is 0.408 e. The number of benzene rings is 1. The quantitative estimate of drug-likeness (QED) is 0.174. The van der Waals surface area contributed by atoms with Gasteiger partial charge in [0.05, 0.1) is 30.1 Å². The van der Waals surface area contributed by atoms with Gasteiger partial charge in [0.25, 0.3) is 5.91 Å². The van der Waals surface area contributed by atoms with Crippen LogP contribution in [0.2, 0.25) is 0 Å². The number of nitrogens with zero attached hydrogens (tertiary/aromatic N) is 3. The summed E-state index contributed by atoms with van der Waals surface area (Å²) in [5, 5.41) is 11.8. The van der Waals surface area contributed by atoms with Gasteiger partial charge in [0.1, 0.15) is 47.0 Å². The van der Waals surface area contributed by atoms with E-state index in [0.29, 0.717) is 65.9 Å². The SMILES string of the molecule is COc1ccc2c(O[C@@H]3C[C@H]4C(=O)N[C@]5(C(=O)NS(=O)(=O)C6CC6)CC5/C=C\CCCCC[C@@H](NC(=O)OC5CCCC5)C(=O)N4C3)cc(-c3csc(NC(C)C)n3)nc2c1. The highest BCUT2D eigenvalue weighted by molar-refractivity contribution is 7.91. The summed E-state index contributed by atoms with van der Waals surface area (Å²) >= 11 is 1.46. The summed E-state index contributed by atoms with van der Waals surface area (Å²) in [5.41, 5.74) is 0.262. The van der Waals surface area contributed by atoms with E-state index in [4.69, 9.17) is 24.2 Å². The predicted octanol–water partition coefficient (Wildman–Crippen LogP) is 5.58. The fourth-order valence-corrected chi connectivity index (χ4v) is 10.8. The minimum Gasteiger partial charge on any atom is -0.497 e. The highest BCUT2D eigenvalue weighted by Gasteiger charge is 2.62. The van der Waals surface area contributed by atoms with Crippen molar-refractivity contribution in [3.63, 3.8) is 0 Å². The van der Waals surface area contributed by atoms with Gasteiger partial charge in [0.2, 0.25) is 21.8 Å². The predicted molar refractivity (Wildman–Crippen MR) is 230 cm³/mol. The molecule has 3 saturated carbocycles. The van der Waals surface area contributed by atoms with Crippen molar-refractivity contribution in [2.24, 2.45) is 5.92 Å². The average Bonchev–Trinajstić information content (AvgIpc) is 4.00. The molecule has 4 N–H and O–H groups in total. The third-order valence-electron chi connectivity index (χ3n) is 12.2. The molecule has 61 heavy (non-hydrogen) atoms. The molecule has 8 rings (SSSR count). The van der Waals surface area contributed by atoms with E-state index in [1.165, 1.54) is 16.2 Å². The van der Waals surface area contributed by atoms with Crippen LogP contribution in [-0.2, 0) is 29.1 Å². The fourth-order valence-electron chi connectivity index (χ4n) is 8.60. The molecule has 5 atom stereocenters. The molecule has 4 heterocycles. The van der Waals surface area contributed by atoms with Gasteiger partial charge in [-0.05, 0) is 90.2 Å². The second-order valence-corrected chi connectivity index (χ2v) is 20.0. The van der Waals surface area contributed by atoms with Gasteiger partial charge in [-0.25, -0.2) is 23.2 Å². The number of aromatic nitrogens is 2. The first-order chi connectivity index (χ1) is 29.3. The molecule has 18 heteroatoms. The van der Waals surface area contributed by atoms with Crippen LogP contribution in [0.5, 0.6) is 11.5 Å². The number of carbonyl (C=O) groups excluding carboxylic acids is 4. The van der Waals surface area contributed by atoms with Crippen LogP contribution >= 0.6 is 11.3 Å². The van der Waals surface area contributed by atoms with Gasteiger partial charge < -0.3 is 35.1 Å². The largest absolute Gasteiger partial charge is 0.497 e. The molecule has 4 fully saturated rings. The standard InChI is InChI=1S/C43H55N7O9S2/c1-25(2)44-41-46-35(24-60-41)34-21-37(31-18-15-28(57-3)19-33(31)45-34)58-29-20-36-38(51)48-43(40(53)49-61(55,56)30-16-17-30)22-26(43)11-7-5-4-6-8-14-32(39(52)50(36)23-29)47-42(54)59-27-12-9-10-13-27/h7,11,15,18-19,21,24-27,29-30,32,36H,4-6,8-10,12-14,16-17,20,22-23H2,1-3H3,(H,44,46)(H,47,54)(H,48,51)(H,49,53)/b11-7-/t26?,29-,32-,36+,43-/m1/s1. The zero-order chi connectivity index (χ0) is 42.9. The number of amides is 4. The lowest BCUT2D eigenvalue weighted by Crippen LogP contribution is -2.58. The van der Waals surface area contributed by atoms with Crippen LogP contribution in [0.15, 0.2) is 41.8 Å². The number of anilines is 1. The third-order valence-corrected chi connectivity index (χ3v) is 14.8. The Morgan fingerprint density at radius 2 is 1.77 bits per heavy atom.